The van der Waals surface area contributed by atoms with Crippen LogP contribution in [0.1, 0.15) is 10.5 Å². The Morgan fingerprint density at radius 3 is 3.15 bits per heavy atom. The summed E-state index contributed by atoms with van der Waals surface area (Å²) in [4.78, 5) is 21.9. The van der Waals surface area contributed by atoms with Crippen LogP contribution >= 0.6 is 0 Å². The molecular weight excluding hydrogens is 254 g/mol. The molecule has 3 aromatic heterocycles. The number of nitrogens with zero attached hydrogens (tertiary/aromatic N) is 2. The van der Waals surface area contributed by atoms with Gasteiger partial charge in [-0.15, -0.1) is 0 Å². The number of H-pyrrole nitrogens is 2. The second-order valence-corrected chi connectivity index (χ2v) is 4.24. The van der Waals surface area contributed by atoms with Gasteiger partial charge in [0, 0.05) is 29.5 Å². The van der Waals surface area contributed by atoms with Crippen molar-refractivity contribution in [2.24, 2.45) is 0 Å². The maximum Gasteiger partial charge on any atom is 0.268 e. The van der Waals surface area contributed by atoms with Crippen LogP contribution in [-0.2, 0) is 0 Å². The van der Waals surface area contributed by atoms with Gasteiger partial charge in [-0.1, -0.05) is 0 Å². The van der Waals surface area contributed by atoms with Crippen LogP contribution in [0.2, 0.25) is 0 Å². The number of nitriles is 1. The highest BCUT2D eigenvalue weighted by molar-refractivity contribution is 5.97. The van der Waals surface area contributed by atoms with Gasteiger partial charge in [0.2, 0.25) is 0 Å². The molecule has 3 heterocycles. The van der Waals surface area contributed by atoms with E-state index in [0.717, 1.165) is 22.2 Å². The number of hydrogen-bond donors (Lipinski definition) is 3. The molecule has 0 radical (unpaired) electrons. The molecule has 0 atom stereocenters. The van der Waals surface area contributed by atoms with Crippen LogP contribution in [0.3, 0.4) is 0 Å². The number of hydrogen-bond acceptors (Lipinski definition) is 3. The first kappa shape index (κ1) is 12.0. The van der Waals surface area contributed by atoms with Gasteiger partial charge in [0.25, 0.3) is 5.91 Å². The third kappa shape index (κ3) is 2.01. The Balaban J connectivity index is 1.96. The molecule has 20 heavy (non-hydrogen) atoms. The topological polar surface area (TPSA) is 97.4 Å². The predicted molar refractivity (Wildman–Crippen MR) is 73.8 cm³/mol. The number of aromatic amines is 2. The van der Waals surface area contributed by atoms with E-state index in [-0.39, 0.29) is 12.5 Å². The fraction of sp³-hybridized carbons (Fsp3) is 0.0714. The molecule has 6 nitrogen and oxygen atoms in total. The van der Waals surface area contributed by atoms with Crippen LogP contribution in [0.25, 0.3) is 22.2 Å². The van der Waals surface area contributed by atoms with Crippen molar-refractivity contribution in [3.63, 3.8) is 0 Å². The zero-order chi connectivity index (χ0) is 13.9. The SMILES string of the molecule is N#CCNC(=O)c1cc(-c2ccnc3[nH]ccc23)c[nH]1. The van der Waals surface area contributed by atoms with Gasteiger partial charge in [0.05, 0.1) is 6.07 Å². The minimum absolute atomic E-state index is 0.00943. The van der Waals surface area contributed by atoms with E-state index < -0.39 is 0 Å². The van der Waals surface area contributed by atoms with Crippen LogP contribution in [0.5, 0.6) is 0 Å². The lowest BCUT2D eigenvalue weighted by Gasteiger charge is -1.99. The van der Waals surface area contributed by atoms with Crippen LogP contribution < -0.4 is 5.32 Å². The lowest BCUT2D eigenvalue weighted by molar-refractivity contribution is 0.0954. The average Bonchev–Trinajstić information content (AvgIpc) is 3.12. The summed E-state index contributed by atoms with van der Waals surface area (Å²) in [5, 5.41) is 11.9. The summed E-state index contributed by atoms with van der Waals surface area (Å²) < 4.78 is 0. The summed E-state index contributed by atoms with van der Waals surface area (Å²) >= 11 is 0. The monoisotopic (exact) mass is 265 g/mol. The van der Waals surface area contributed by atoms with Crippen molar-refractivity contribution in [2.45, 2.75) is 0 Å². The van der Waals surface area contributed by atoms with E-state index in [0.29, 0.717) is 5.69 Å². The molecule has 0 unspecified atom stereocenters. The third-order valence-electron chi connectivity index (χ3n) is 3.03. The maximum atomic E-state index is 11.7. The Morgan fingerprint density at radius 2 is 2.30 bits per heavy atom. The number of carbonyl (C=O) groups is 1. The number of nitrogens with one attached hydrogen (secondary N) is 3. The van der Waals surface area contributed by atoms with Crippen LogP contribution in [0.15, 0.2) is 36.8 Å². The Morgan fingerprint density at radius 1 is 1.40 bits per heavy atom. The van der Waals surface area contributed by atoms with Crippen molar-refractivity contribution in [1.29, 1.82) is 5.26 Å². The largest absolute Gasteiger partial charge is 0.357 e. The second-order valence-electron chi connectivity index (χ2n) is 4.24. The van der Waals surface area contributed by atoms with Gasteiger partial charge in [0.1, 0.15) is 17.9 Å². The zero-order valence-electron chi connectivity index (χ0n) is 10.5. The molecule has 0 spiro atoms. The van der Waals surface area contributed by atoms with Crippen LogP contribution in [0, 0.1) is 11.3 Å². The molecule has 3 aromatic rings. The van der Waals surface area contributed by atoms with Crippen LogP contribution in [-0.4, -0.2) is 27.4 Å². The van der Waals surface area contributed by atoms with Gasteiger partial charge in [0.15, 0.2) is 0 Å². The van der Waals surface area contributed by atoms with E-state index in [1.165, 1.54) is 0 Å². The van der Waals surface area contributed by atoms with Crippen molar-refractivity contribution in [3.05, 3.63) is 42.5 Å². The van der Waals surface area contributed by atoms with Crippen molar-refractivity contribution >= 4 is 16.9 Å². The number of fused-ring (bicyclic) bond motifs is 1. The molecular formula is C14H11N5O. The summed E-state index contributed by atoms with van der Waals surface area (Å²) in [5.41, 5.74) is 3.13. The minimum atomic E-state index is -0.294. The van der Waals surface area contributed by atoms with Crippen LogP contribution in [0.4, 0.5) is 0 Å². The summed E-state index contributed by atoms with van der Waals surface area (Å²) in [7, 11) is 0. The normalized spacial score (nSPS) is 10.3. The Bertz CT molecular complexity index is 808. The summed E-state index contributed by atoms with van der Waals surface area (Å²) in [6.45, 7) is -0.00943. The fourth-order valence-electron chi connectivity index (χ4n) is 2.11. The summed E-state index contributed by atoms with van der Waals surface area (Å²) in [6.07, 6.45) is 5.31. The van der Waals surface area contributed by atoms with Gasteiger partial charge in [-0.25, -0.2) is 4.98 Å². The van der Waals surface area contributed by atoms with E-state index >= 15 is 0 Å². The quantitative estimate of drug-likeness (QED) is 0.630. The van der Waals surface area contributed by atoms with Gasteiger partial charge < -0.3 is 15.3 Å². The Hall–Kier alpha value is -3.07. The highest BCUT2D eigenvalue weighted by atomic mass is 16.1. The van der Waals surface area contributed by atoms with Gasteiger partial charge in [-0.2, -0.15) is 5.26 Å². The average molecular weight is 265 g/mol. The highest BCUT2D eigenvalue weighted by Gasteiger charge is 2.11. The lowest BCUT2D eigenvalue weighted by Crippen LogP contribution is -2.23. The standard InChI is InChI=1S/C14H11N5O/c15-3-6-18-14(20)12-7-9(8-19-12)10-1-4-16-13-11(10)2-5-17-13/h1-2,4-5,7-8,19H,6H2,(H,16,17)(H,18,20). The smallest absolute Gasteiger partial charge is 0.268 e. The first-order chi connectivity index (χ1) is 9.79. The number of amides is 1. The Labute approximate surface area is 114 Å². The van der Waals surface area contributed by atoms with Gasteiger partial charge in [-0.05, 0) is 23.8 Å². The molecule has 0 aromatic carbocycles. The van der Waals surface area contributed by atoms with E-state index in [1.54, 1.807) is 18.5 Å². The summed E-state index contributed by atoms with van der Waals surface area (Å²) in [5.74, 6) is -0.294. The van der Waals surface area contributed by atoms with Crippen molar-refractivity contribution in [3.8, 4) is 17.2 Å². The molecule has 0 fully saturated rings. The molecule has 0 bridgehead atoms. The van der Waals surface area contributed by atoms with E-state index in [2.05, 4.69) is 20.3 Å². The molecule has 0 aliphatic heterocycles. The molecule has 0 aliphatic rings. The third-order valence-corrected chi connectivity index (χ3v) is 3.03. The van der Waals surface area contributed by atoms with E-state index in [9.17, 15) is 4.79 Å². The second kappa shape index (κ2) is 4.90. The Kier molecular flexibility index (Phi) is 2.94. The number of carbonyl (C=O) groups excluding carboxylic acids is 1. The van der Waals surface area contributed by atoms with Gasteiger partial charge in [-0.3, -0.25) is 4.79 Å². The maximum absolute atomic E-state index is 11.7. The molecule has 0 saturated carbocycles. The molecule has 98 valence electrons. The summed E-state index contributed by atoms with van der Waals surface area (Å²) in [6, 6.07) is 7.47. The van der Waals surface area contributed by atoms with Crippen molar-refractivity contribution in [1.82, 2.24) is 20.3 Å². The van der Waals surface area contributed by atoms with E-state index in [4.69, 9.17) is 5.26 Å². The highest BCUT2D eigenvalue weighted by Crippen LogP contribution is 2.27. The molecule has 3 N–H and O–H groups in total. The van der Waals surface area contributed by atoms with E-state index in [1.807, 2.05) is 24.4 Å². The lowest BCUT2D eigenvalue weighted by atomic mass is 10.1. The number of rotatable bonds is 3. The molecule has 6 heteroatoms. The predicted octanol–water partition coefficient (Wildman–Crippen LogP) is 1.81. The number of pyridine rings is 1. The van der Waals surface area contributed by atoms with Crippen molar-refractivity contribution in [2.75, 3.05) is 6.54 Å². The number of aromatic nitrogens is 3. The molecule has 0 saturated heterocycles. The fourth-order valence-corrected chi connectivity index (χ4v) is 2.11. The first-order valence-electron chi connectivity index (χ1n) is 6.05. The molecule has 3 rings (SSSR count). The first-order valence-corrected chi connectivity index (χ1v) is 6.05. The molecule has 1 amide bonds. The molecule has 0 aliphatic carbocycles. The minimum Gasteiger partial charge on any atom is -0.357 e. The van der Waals surface area contributed by atoms with Gasteiger partial charge >= 0.3 is 0 Å². The van der Waals surface area contributed by atoms with Crippen molar-refractivity contribution < 1.29 is 4.79 Å². The zero-order valence-corrected chi connectivity index (χ0v) is 10.5.